The first kappa shape index (κ1) is 44.5. The van der Waals surface area contributed by atoms with Gasteiger partial charge in [0.2, 0.25) is 5.71 Å². The number of rotatable bonds is 4. The number of furan rings is 2. The molecule has 0 saturated heterocycles. The zero-order valence-electron chi connectivity index (χ0n) is 43.7. The van der Waals surface area contributed by atoms with Gasteiger partial charge in [0, 0.05) is 44.6 Å². The fourth-order valence-electron chi connectivity index (χ4n) is 11.9. The molecule has 3 aromatic heterocycles. The summed E-state index contributed by atoms with van der Waals surface area (Å²) in [4.78, 5) is 5.04. The first-order chi connectivity index (χ1) is 34.2. The second-order valence-corrected chi connectivity index (χ2v) is 24.7. The highest BCUT2D eigenvalue weighted by Gasteiger charge is 2.45. The van der Waals surface area contributed by atoms with Crippen molar-refractivity contribution in [2.75, 3.05) is 9.80 Å². The van der Waals surface area contributed by atoms with Crippen molar-refractivity contribution in [1.82, 2.24) is 4.57 Å². The molecule has 0 spiro atoms. The van der Waals surface area contributed by atoms with Crippen LogP contribution < -0.4 is 26.2 Å². The van der Waals surface area contributed by atoms with Gasteiger partial charge < -0.3 is 18.6 Å². The van der Waals surface area contributed by atoms with Crippen molar-refractivity contribution in [3.8, 4) is 5.69 Å². The van der Waals surface area contributed by atoms with E-state index in [1.54, 1.807) is 0 Å². The van der Waals surface area contributed by atoms with E-state index in [1.807, 2.05) is 0 Å². The predicted octanol–water partition coefficient (Wildman–Crippen LogP) is 16.7. The molecule has 13 rings (SSSR count). The van der Waals surface area contributed by atoms with Gasteiger partial charge in [-0.05, 0) is 133 Å². The van der Waals surface area contributed by atoms with Crippen LogP contribution in [0.25, 0.3) is 60.6 Å². The highest BCUT2D eigenvalue weighted by atomic mass is 16.3. The average molecular weight is 940 g/mol. The number of fused-ring (bicyclic) bond motifs is 12. The Bertz CT molecular complexity index is 3970. The molecule has 0 unspecified atom stereocenters. The minimum Gasteiger partial charge on any atom is -0.456 e. The minimum absolute atomic E-state index is 0.00120. The zero-order chi connectivity index (χ0) is 50.0. The van der Waals surface area contributed by atoms with Crippen LogP contribution in [0.3, 0.4) is 0 Å². The van der Waals surface area contributed by atoms with Crippen LogP contribution in [-0.4, -0.2) is 11.3 Å². The lowest BCUT2D eigenvalue weighted by atomic mass is 9.33. The highest BCUT2D eigenvalue weighted by molar-refractivity contribution is 7.00. The number of anilines is 6. The van der Waals surface area contributed by atoms with Crippen LogP contribution in [0, 0.1) is 0 Å². The second-order valence-electron chi connectivity index (χ2n) is 24.7. The smallest absolute Gasteiger partial charge is 0.252 e. The number of para-hydroxylation sites is 2. The molecule has 2 aliphatic heterocycles. The van der Waals surface area contributed by atoms with Gasteiger partial charge in [0.15, 0.2) is 0 Å². The standard InChI is InChI=1S/C66H62BN3O2/c1-63(2,3)39-24-29-43(30-25-39)68(44-31-26-40(27-32-44)64(4,5)6)45-37-53-60-54(38-45)70-61-48(58-46-18-13-16-22-56(46)72-62(58)70)34-42(66(10,11)12)35-50(61)67(60)49-33-28-41(65(7,8)9)36-52(49)69(53)51-20-17-23-57-59(51)47-19-14-15-21-55(47)71-57/h13-38H,1-12H3. The van der Waals surface area contributed by atoms with Crippen molar-refractivity contribution in [3.63, 3.8) is 0 Å². The van der Waals surface area contributed by atoms with Crippen LogP contribution >= 0.6 is 0 Å². The molecule has 72 heavy (non-hydrogen) atoms. The Balaban J connectivity index is 1.22. The molecule has 6 heteroatoms. The predicted molar refractivity (Wildman–Crippen MR) is 307 cm³/mol. The van der Waals surface area contributed by atoms with Crippen LogP contribution in [0.1, 0.15) is 105 Å². The Morgan fingerprint density at radius 1 is 0.389 bits per heavy atom. The molecule has 356 valence electrons. The summed E-state index contributed by atoms with van der Waals surface area (Å²) in [6.07, 6.45) is 0. The summed E-state index contributed by atoms with van der Waals surface area (Å²) in [6, 6.07) is 59.3. The van der Waals surface area contributed by atoms with Crippen molar-refractivity contribution in [1.29, 1.82) is 0 Å². The second kappa shape index (κ2) is 15.1. The summed E-state index contributed by atoms with van der Waals surface area (Å²) in [5.41, 5.74) is 21.3. The van der Waals surface area contributed by atoms with E-state index in [2.05, 4.69) is 255 Å². The summed E-state index contributed by atoms with van der Waals surface area (Å²) < 4.78 is 16.4. The van der Waals surface area contributed by atoms with Crippen LogP contribution in [0.5, 0.6) is 0 Å². The number of hydrogen-bond donors (Lipinski definition) is 0. The number of hydrogen-bond acceptors (Lipinski definition) is 4. The molecule has 5 heterocycles. The van der Waals surface area contributed by atoms with E-state index < -0.39 is 0 Å². The van der Waals surface area contributed by atoms with Crippen LogP contribution in [0.4, 0.5) is 34.1 Å². The molecule has 0 saturated carbocycles. The largest absolute Gasteiger partial charge is 0.456 e. The van der Waals surface area contributed by atoms with Crippen molar-refractivity contribution < 1.29 is 8.83 Å². The quantitative estimate of drug-likeness (QED) is 0.165. The lowest BCUT2D eigenvalue weighted by Crippen LogP contribution is -2.60. The van der Waals surface area contributed by atoms with E-state index in [0.29, 0.717) is 0 Å². The third-order valence-corrected chi connectivity index (χ3v) is 15.8. The van der Waals surface area contributed by atoms with E-state index in [-0.39, 0.29) is 28.4 Å². The van der Waals surface area contributed by atoms with Crippen LogP contribution in [0.15, 0.2) is 167 Å². The number of aromatic nitrogens is 1. The van der Waals surface area contributed by atoms with Crippen molar-refractivity contribution in [3.05, 3.63) is 180 Å². The molecule has 0 radical (unpaired) electrons. The SMILES string of the molecule is CC(C)(C)c1ccc(N(c2ccc(C(C)(C)C)cc2)c2cc3c4c(c2)-n2c5oc6ccccc6c5c5cc(C(C)(C)C)cc(c52)B4c2ccc(C(C)(C)C)cc2N3c2cccc3oc4ccccc4c23)cc1. The average Bonchev–Trinajstić information content (AvgIpc) is 4.01. The van der Waals surface area contributed by atoms with E-state index in [9.17, 15) is 0 Å². The summed E-state index contributed by atoms with van der Waals surface area (Å²) in [5, 5.41) is 5.72. The molecule has 0 fully saturated rings. The van der Waals surface area contributed by atoms with Crippen LogP contribution in [-0.2, 0) is 21.7 Å². The molecule has 11 aromatic rings. The topological polar surface area (TPSA) is 37.7 Å². The molecular formula is C66H62BN3O2. The molecule has 0 aliphatic carbocycles. The van der Waals surface area contributed by atoms with Gasteiger partial charge in [-0.1, -0.05) is 168 Å². The normalized spacial score (nSPS) is 13.8. The molecular weight excluding hydrogens is 878 g/mol. The number of nitrogens with zero attached hydrogens (tertiary/aromatic N) is 3. The van der Waals surface area contributed by atoms with Crippen molar-refractivity contribution in [2.45, 2.75) is 105 Å². The summed E-state index contributed by atoms with van der Waals surface area (Å²) in [6.45, 7) is 27.6. The summed E-state index contributed by atoms with van der Waals surface area (Å²) in [7, 11) is 0. The van der Waals surface area contributed by atoms with E-state index in [0.717, 1.165) is 78.1 Å². The van der Waals surface area contributed by atoms with Gasteiger partial charge >= 0.3 is 0 Å². The van der Waals surface area contributed by atoms with E-state index in [4.69, 9.17) is 8.83 Å². The Labute approximate surface area is 423 Å². The lowest BCUT2D eigenvalue weighted by molar-refractivity contribution is 0.590. The van der Waals surface area contributed by atoms with Gasteiger partial charge in [-0.3, -0.25) is 4.57 Å². The lowest BCUT2D eigenvalue weighted by Gasteiger charge is -2.42. The van der Waals surface area contributed by atoms with Crippen LogP contribution in [0.2, 0.25) is 0 Å². The molecule has 0 atom stereocenters. The summed E-state index contributed by atoms with van der Waals surface area (Å²) >= 11 is 0. The van der Waals surface area contributed by atoms with Crippen molar-refractivity contribution >= 4 is 112 Å². The maximum absolute atomic E-state index is 7.17. The zero-order valence-corrected chi connectivity index (χ0v) is 43.7. The third-order valence-electron chi connectivity index (χ3n) is 15.8. The summed E-state index contributed by atoms with van der Waals surface area (Å²) in [5.74, 6) is 0. The molecule has 2 aliphatic rings. The van der Waals surface area contributed by atoms with Gasteiger partial charge in [-0.25, -0.2) is 0 Å². The minimum atomic E-state index is -0.116. The monoisotopic (exact) mass is 939 g/mol. The van der Waals surface area contributed by atoms with Gasteiger partial charge in [-0.15, -0.1) is 0 Å². The van der Waals surface area contributed by atoms with Gasteiger partial charge in [0.05, 0.1) is 27.7 Å². The van der Waals surface area contributed by atoms with Gasteiger partial charge in [0.1, 0.15) is 16.7 Å². The molecule has 5 nitrogen and oxygen atoms in total. The molecule has 8 aromatic carbocycles. The molecule has 0 N–H and O–H groups in total. The fourth-order valence-corrected chi connectivity index (χ4v) is 11.9. The Hall–Kier alpha value is -7.44. The maximum atomic E-state index is 7.17. The first-order valence-electron chi connectivity index (χ1n) is 25.8. The highest BCUT2D eigenvalue weighted by Crippen LogP contribution is 2.50. The van der Waals surface area contributed by atoms with Gasteiger partial charge in [0.25, 0.3) is 6.71 Å². The molecule has 0 bridgehead atoms. The fraction of sp³-hybridized carbons (Fsp3) is 0.242. The third kappa shape index (κ3) is 6.60. The molecule has 0 amide bonds. The van der Waals surface area contributed by atoms with Crippen molar-refractivity contribution in [2.24, 2.45) is 0 Å². The van der Waals surface area contributed by atoms with E-state index in [1.165, 1.54) is 55.2 Å². The Morgan fingerprint density at radius 3 is 1.54 bits per heavy atom. The Morgan fingerprint density at radius 2 is 0.931 bits per heavy atom. The van der Waals surface area contributed by atoms with E-state index >= 15 is 0 Å². The van der Waals surface area contributed by atoms with Gasteiger partial charge in [-0.2, -0.15) is 0 Å². The Kier molecular flexibility index (Phi) is 9.30. The first-order valence-corrected chi connectivity index (χ1v) is 25.8. The maximum Gasteiger partial charge on any atom is 0.252 e. The number of benzene rings is 8.